The first kappa shape index (κ1) is 21.6. The normalized spacial score (nSPS) is 22.1. The van der Waals surface area contributed by atoms with Crippen molar-refractivity contribution in [1.82, 2.24) is 0 Å². The van der Waals surface area contributed by atoms with E-state index in [0.717, 1.165) is 42.3 Å². The molecule has 0 saturated carbocycles. The highest BCUT2D eigenvalue weighted by molar-refractivity contribution is 5.63. The van der Waals surface area contributed by atoms with Crippen LogP contribution in [0.5, 0.6) is 5.75 Å². The quantitative estimate of drug-likeness (QED) is 0.489. The number of piperidine rings is 1. The third kappa shape index (κ3) is 5.96. The monoisotopic (exact) mass is 416 g/mol. The van der Waals surface area contributed by atoms with Gasteiger partial charge in [-0.05, 0) is 42.0 Å². The highest BCUT2D eigenvalue weighted by atomic mass is 16.5. The van der Waals surface area contributed by atoms with E-state index in [-0.39, 0.29) is 0 Å². The number of hydrogen-bond donors (Lipinski definition) is 1. The molecule has 1 N–H and O–H groups in total. The molecule has 0 aliphatic carbocycles. The van der Waals surface area contributed by atoms with Crippen molar-refractivity contribution in [3.8, 4) is 16.9 Å². The van der Waals surface area contributed by atoms with Gasteiger partial charge in [0.2, 0.25) is 0 Å². The van der Waals surface area contributed by atoms with Crippen molar-refractivity contribution in [2.24, 2.45) is 5.92 Å². The zero-order chi connectivity index (χ0) is 21.5. The van der Waals surface area contributed by atoms with E-state index in [1.807, 2.05) is 30.3 Å². The lowest BCUT2D eigenvalue weighted by molar-refractivity contribution is -0.948. The Morgan fingerprint density at radius 1 is 0.839 bits per heavy atom. The van der Waals surface area contributed by atoms with Gasteiger partial charge in [-0.25, -0.2) is 0 Å². The summed E-state index contributed by atoms with van der Waals surface area (Å²) in [5.41, 5.74) is 3.71. The molecule has 3 nitrogen and oxygen atoms in total. The van der Waals surface area contributed by atoms with Crippen LogP contribution in [-0.4, -0.2) is 41.9 Å². The van der Waals surface area contributed by atoms with Crippen LogP contribution in [0.2, 0.25) is 0 Å². The molecule has 162 valence electrons. The fourth-order valence-electron chi connectivity index (χ4n) is 4.69. The average molecular weight is 417 g/mol. The molecule has 0 amide bonds. The summed E-state index contributed by atoms with van der Waals surface area (Å²) in [4.78, 5) is 0. The van der Waals surface area contributed by atoms with Gasteiger partial charge >= 0.3 is 0 Å². The smallest absolute Gasteiger partial charge is 0.137 e. The minimum Gasteiger partial charge on any atom is -0.491 e. The number of ether oxygens (including phenoxy) is 1. The first-order valence-corrected chi connectivity index (χ1v) is 11.5. The Morgan fingerprint density at radius 3 is 2.06 bits per heavy atom. The number of benzene rings is 3. The largest absolute Gasteiger partial charge is 0.491 e. The Bertz CT molecular complexity index is 916. The molecule has 0 spiro atoms. The Morgan fingerprint density at radius 2 is 1.42 bits per heavy atom. The van der Waals surface area contributed by atoms with Crippen LogP contribution in [0.1, 0.15) is 25.3 Å². The molecular weight excluding hydrogens is 382 g/mol. The van der Waals surface area contributed by atoms with Gasteiger partial charge in [0.25, 0.3) is 0 Å². The van der Waals surface area contributed by atoms with Gasteiger partial charge < -0.3 is 14.3 Å². The summed E-state index contributed by atoms with van der Waals surface area (Å²) in [6, 6.07) is 29.2. The predicted molar refractivity (Wildman–Crippen MR) is 127 cm³/mol. The minimum atomic E-state index is -0.481. The Kier molecular flexibility index (Phi) is 7.06. The summed E-state index contributed by atoms with van der Waals surface area (Å²) >= 11 is 0. The summed E-state index contributed by atoms with van der Waals surface area (Å²) in [6.07, 6.45) is 1.97. The number of hydrogen-bond acceptors (Lipinski definition) is 2. The number of aliphatic hydroxyl groups is 1. The number of nitrogens with zero attached hydrogens (tertiary/aromatic N) is 1. The fraction of sp³-hybridized carbons (Fsp3) is 0.357. The SMILES string of the molecule is CC1CC[N+](Cc2ccccc2)(C[C@H](O)COc2ccc(-c3ccccc3)cc2)CC1. The predicted octanol–water partition coefficient (Wildman–Crippen LogP) is 5.54. The van der Waals surface area contributed by atoms with Gasteiger partial charge in [-0.1, -0.05) is 79.7 Å². The Hall–Kier alpha value is -2.62. The van der Waals surface area contributed by atoms with Crippen molar-refractivity contribution in [1.29, 1.82) is 0 Å². The third-order valence-corrected chi connectivity index (χ3v) is 6.56. The van der Waals surface area contributed by atoms with E-state index >= 15 is 0 Å². The van der Waals surface area contributed by atoms with Crippen molar-refractivity contribution >= 4 is 0 Å². The van der Waals surface area contributed by atoms with E-state index in [2.05, 4.69) is 61.5 Å². The maximum atomic E-state index is 10.9. The lowest BCUT2D eigenvalue weighted by atomic mass is 9.95. The van der Waals surface area contributed by atoms with Crippen LogP contribution in [0, 0.1) is 5.92 Å². The van der Waals surface area contributed by atoms with Crippen LogP contribution in [0.25, 0.3) is 11.1 Å². The molecule has 4 rings (SSSR count). The molecule has 0 unspecified atom stereocenters. The number of aliphatic hydroxyl groups excluding tert-OH is 1. The van der Waals surface area contributed by atoms with Gasteiger partial charge in [-0.15, -0.1) is 0 Å². The summed E-state index contributed by atoms with van der Waals surface area (Å²) < 4.78 is 6.91. The van der Waals surface area contributed by atoms with Crippen LogP contribution in [0.15, 0.2) is 84.9 Å². The van der Waals surface area contributed by atoms with Crippen molar-refractivity contribution in [3.63, 3.8) is 0 Å². The van der Waals surface area contributed by atoms with E-state index in [1.165, 1.54) is 29.5 Å². The van der Waals surface area contributed by atoms with Crippen molar-refractivity contribution in [3.05, 3.63) is 90.5 Å². The molecule has 0 aromatic heterocycles. The summed E-state index contributed by atoms with van der Waals surface area (Å²) in [5.74, 6) is 1.58. The van der Waals surface area contributed by atoms with Crippen LogP contribution < -0.4 is 4.74 Å². The summed E-state index contributed by atoms with van der Waals surface area (Å²) in [6.45, 7) is 6.64. The van der Waals surface area contributed by atoms with Gasteiger partial charge in [0.1, 0.15) is 31.5 Å². The minimum absolute atomic E-state index is 0.328. The van der Waals surface area contributed by atoms with Crippen LogP contribution in [-0.2, 0) is 6.54 Å². The molecule has 3 heteroatoms. The molecule has 0 radical (unpaired) electrons. The highest BCUT2D eigenvalue weighted by Crippen LogP contribution is 2.27. The fourth-order valence-corrected chi connectivity index (χ4v) is 4.69. The lowest BCUT2D eigenvalue weighted by Crippen LogP contribution is -2.56. The lowest BCUT2D eigenvalue weighted by Gasteiger charge is -2.44. The first-order valence-electron chi connectivity index (χ1n) is 11.5. The molecule has 31 heavy (non-hydrogen) atoms. The van der Waals surface area contributed by atoms with Gasteiger partial charge in [-0.3, -0.25) is 0 Å². The van der Waals surface area contributed by atoms with E-state index < -0.39 is 6.10 Å². The maximum absolute atomic E-state index is 10.9. The Balaban J connectivity index is 1.36. The van der Waals surface area contributed by atoms with Crippen molar-refractivity contribution in [2.75, 3.05) is 26.2 Å². The van der Waals surface area contributed by atoms with E-state index in [1.54, 1.807) is 0 Å². The second-order valence-corrected chi connectivity index (χ2v) is 9.15. The molecule has 1 saturated heterocycles. The molecule has 1 atom stereocenters. The topological polar surface area (TPSA) is 29.5 Å². The number of rotatable bonds is 8. The standard InChI is InChI=1S/C28H34NO2/c1-23-16-18-29(19-17-23,20-24-8-4-2-5-9-24)21-27(30)22-31-28-14-12-26(13-15-28)25-10-6-3-7-11-25/h2-15,23,27,30H,16-22H2,1H3/q+1/t23?,27-,29?/m0/s1. The number of quaternary nitrogens is 1. The Labute approximate surface area is 186 Å². The zero-order valence-corrected chi connectivity index (χ0v) is 18.5. The molecule has 1 aliphatic rings. The van der Waals surface area contributed by atoms with Crippen molar-refractivity contribution in [2.45, 2.75) is 32.4 Å². The van der Waals surface area contributed by atoms with Crippen LogP contribution in [0.4, 0.5) is 0 Å². The molecule has 1 fully saturated rings. The second kappa shape index (κ2) is 10.1. The van der Waals surface area contributed by atoms with E-state index in [4.69, 9.17) is 4.74 Å². The zero-order valence-electron chi connectivity index (χ0n) is 18.5. The average Bonchev–Trinajstić information content (AvgIpc) is 2.81. The highest BCUT2D eigenvalue weighted by Gasteiger charge is 2.35. The van der Waals surface area contributed by atoms with Crippen LogP contribution in [0.3, 0.4) is 0 Å². The van der Waals surface area contributed by atoms with E-state index in [9.17, 15) is 5.11 Å². The second-order valence-electron chi connectivity index (χ2n) is 9.15. The van der Waals surface area contributed by atoms with Gasteiger partial charge in [0.05, 0.1) is 13.1 Å². The van der Waals surface area contributed by atoms with Crippen molar-refractivity contribution < 1.29 is 14.3 Å². The molecule has 1 aliphatic heterocycles. The van der Waals surface area contributed by atoms with Crippen LogP contribution >= 0.6 is 0 Å². The molecular formula is C28H34NO2+. The molecule has 0 bridgehead atoms. The summed E-state index contributed by atoms with van der Waals surface area (Å²) in [7, 11) is 0. The maximum Gasteiger partial charge on any atom is 0.137 e. The van der Waals surface area contributed by atoms with E-state index in [0.29, 0.717) is 6.61 Å². The number of likely N-dealkylation sites (tertiary alicyclic amines) is 1. The van der Waals surface area contributed by atoms with Gasteiger partial charge in [0, 0.05) is 5.56 Å². The third-order valence-electron chi connectivity index (χ3n) is 6.56. The summed E-state index contributed by atoms with van der Waals surface area (Å²) in [5, 5.41) is 10.9. The molecule has 3 aromatic carbocycles. The van der Waals surface area contributed by atoms with Gasteiger partial charge in [-0.2, -0.15) is 0 Å². The molecule has 1 heterocycles. The first-order chi connectivity index (χ1) is 15.1. The molecule has 3 aromatic rings. The van der Waals surface area contributed by atoms with Gasteiger partial charge in [0.15, 0.2) is 0 Å².